The van der Waals surface area contributed by atoms with Crippen LogP contribution in [0.5, 0.6) is 0 Å². The molecular weight excluding hydrogens is 300 g/mol. The molecule has 0 spiro atoms. The molecule has 7 nitrogen and oxygen atoms in total. The minimum Gasteiger partial charge on any atom is -0.481 e. The quantitative estimate of drug-likeness (QED) is 0.681. The topological polar surface area (TPSA) is 101 Å². The highest BCUT2D eigenvalue weighted by atomic mass is 16.6. The number of nitro groups is 1. The van der Waals surface area contributed by atoms with Crippen molar-refractivity contribution in [2.75, 3.05) is 13.1 Å². The van der Waals surface area contributed by atoms with E-state index in [1.807, 2.05) is 0 Å². The number of benzene rings is 1. The molecular formula is C16H20N2O5. The summed E-state index contributed by atoms with van der Waals surface area (Å²) >= 11 is 0. The number of carbonyl (C=O) groups is 2. The average Bonchev–Trinajstić information content (AvgIpc) is 2.46. The van der Waals surface area contributed by atoms with E-state index in [2.05, 4.69) is 0 Å². The Balaban J connectivity index is 2.32. The SMILES string of the molecule is Cc1cc(C)c([N+](=O)[O-])c(C)c1C(=O)N1CCC(C(=O)O)CC1. The fourth-order valence-electron chi connectivity index (χ4n) is 3.27. The molecule has 1 fully saturated rings. The van der Waals surface area contributed by atoms with Gasteiger partial charge in [-0.25, -0.2) is 0 Å². The Kier molecular flexibility index (Phi) is 4.68. The van der Waals surface area contributed by atoms with Crippen LogP contribution in [0.3, 0.4) is 0 Å². The van der Waals surface area contributed by atoms with Crippen LogP contribution < -0.4 is 0 Å². The number of carboxylic acids is 1. The van der Waals surface area contributed by atoms with Gasteiger partial charge < -0.3 is 10.0 Å². The molecule has 1 aromatic rings. The second-order valence-electron chi connectivity index (χ2n) is 6.02. The van der Waals surface area contributed by atoms with E-state index >= 15 is 0 Å². The molecule has 1 amide bonds. The lowest BCUT2D eigenvalue weighted by Gasteiger charge is -2.31. The fourth-order valence-corrected chi connectivity index (χ4v) is 3.27. The van der Waals surface area contributed by atoms with Crippen LogP contribution in [0, 0.1) is 36.8 Å². The van der Waals surface area contributed by atoms with E-state index in [9.17, 15) is 19.7 Å². The number of carbonyl (C=O) groups excluding carboxylic acids is 1. The summed E-state index contributed by atoms with van der Waals surface area (Å²) in [6.45, 7) is 5.73. The molecule has 0 aliphatic carbocycles. The van der Waals surface area contributed by atoms with Crippen LogP contribution in [-0.2, 0) is 4.79 Å². The molecule has 2 rings (SSSR count). The van der Waals surface area contributed by atoms with E-state index < -0.39 is 16.8 Å². The van der Waals surface area contributed by atoms with Crippen molar-refractivity contribution in [3.63, 3.8) is 0 Å². The fraction of sp³-hybridized carbons (Fsp3) is 0.500. The normalized spacial score (nSPS) is 15.5. The van der Waals surface area contributed by atoms with Crippen LogP contribution in [0.15, 0.2) is 6.07 Å². The highest BCUT2D eigenvalue weighted by molar-refractivity contribution is 5.98. The molecule has 124 valence electrons. The van der Waals surface area contributed by atoms with Gasteiger partial charge in [-0.05, 0) is 45.2 Å². The van der Waals surface area contributed by atoms with Gasteiger partial charge in [0.2, 0.25) is 0 Å². The van der Waals surface area contributed by atoms with Gasteiger partial charge in [0.25, 0.3) is 11.6 Å². The Bertz CT molecular complexity index is 676. The van der Waals surface area contributed by atoms with Crippen molar-refractivity contribution >= 4 is 17.6 Å². The third-order valence-electron chi connectivity index (χ3n) is 4.46. The van der Waals surface area contributed by atoms with E-state index in [0.717, 1.165) is 0 Å². The molecule has 1 aromatic carbocycles. The van der Waals surface area contributed by atoms with Gasteiger partial charge >= 0.3 is 5.97 Å². The van der Waals surface area contributed by atoms with Crippen molar-refractivity contribution in [3.05, 3.63) is 38.4 Å². The maximum absolute atomic E-state index is 12.8. The molecule has 23 heavy (non-hydrogen) atoms. The molecule has 7 heteroatoms. The molecule has 0 bridgehead atoms. The zero-order valence-electron chi connectivity index (χ0n) is 13.5. The predicted molar refractivity (Wildman–Crippen MR) is 83.6 cm³/mol. The first-order chi connectivity index (χ1) is 10.7. The third kappa shape index (κ3) is 3.18. The number of hydrogen-bond donors (Lipinski definition) is 1. The number of amides is 1. The lowest BCUT2D eigenvalue weighted by Crippen LogP contribution is -2.40. The summed E-state index contributed by atoms with van der Waals surface area (Å²) < 4.78 is 0. The van der Waals surface area contributed by atoms with Crippen molar-refractivity contribution in [2.45, 2.75) is 33.6 Å². The Morgan fingerprint density at radius 2 is 1.78 bits per heavy atom. The van der Waals surface area contributed by atoms with E-state index in [4.69, 9.17) is 5.11 Å². The molecule has 0 saturated carbocycles. The van der Waals surface area contributed by atoms with Crippen molar-refractivity contribution in [3.8, 4) is 0 Å². The second-order valence-corrected chi connectivity index (χ2v) is 6.02. The summed E-state index contributed by atoms with van der Waals surface area (Å²) in [6.07, 6.45) is 0.820. The van der Waals surface area contributed by atoms with E-state index in [-0.39, 0.29) is 11.6 Å². The minimum absolute atomic E-state index is 0.0284. The molecule has 0 aromatic heterocycles. The Hall–Kier alpha value is -2.44. The number of piperidine rings is 1. The van der Waals surface area contributed by atoms with Crippen LogP contribution in [0.2, 0.25) is 0 Å². The number of hydrogen-bond acceptors (Lipinski definition) is 4. The van der Waals surface area contributed by atoms with Gasteiger partial charge in [0.15, 0.2) is 0 Å². The first-order valence-electron chi connectivity index (χ1n) is 7.51. The lowest BCUT2D eigenvalue weighted by atomic mass is 9.93. The van der Waals surface area contributed by atoms with Crippen LogP contribution in [-0.4, -0.2) is 39.9 Å². The summed E-state index contributed by atoms with van der Waals surface area (Å²) in [5, 5.41) is 20.3. The maximum atomic E-state index is 12.8. The third-order valence-corrected chi connectivity index (χ3v) is 4.46. The molecule has 1 aliphatic heterocycles. The predicted octanol–water partition coefficient (Wildman–Crippen LogP) is 2.46. The van der Waals surface area contributed by atoms with Crippen molar-refractivity contribution in [1.82, 2.24) is 4.90 Å². The molecule has 1 heterocycles. The summed E-state index contributed by atoms with van der Waals surface area (Å²) in [4.78, 5) is 36.1. The number of nitrogens with zero attached hydrogens (tertiary/aromatic N) is 2. The molecule has 1 N–H and O–H groups in total. The van der Waals surface area contributed by atoms with Crippen molar-refractivity contribution in [2.24, 2.45) is 5.92 Å². The molecule has 1 aliphatic rings. The minimum atomic E-state index is -0.838. The van der Waals surface area contributed by atoms with Gasteiger partial charge in [-0.15, -0.1) is 0 Å². The lowest BCUT2D eigenvalue weighted by molar-refractivity contribution is -0.386. The first kappa shape index (κ1) is 16.9. The highest BCUT2D eigenvalue weighted by Crippen LogP contribution is 2.30. The van der Waals surface area contributed by atoms with Gasteiger partial charge in [-0.3, -0.25) is 19.7 Å². The molecule has 0 atom stereocenters. The zero-order chi connectivity index (χ0) is 17.3. The summed E-state index contributed by atoms with van der Waals surface area (Å²) in [7, 11) is 0. The van der Waals surface area contributed by atoms with Gasteiger partial charge in [0.1, 0.15) is 0 Å². The molecule has 0 unspecified atom stereocenters. The Morgan fingerprint density at radius 3 is 2.26 bits per heavy atom. The number of carboxylic acid groups (broad SMARTS) is 1. The van der Waals surface area contributed by atoms with Crippen LogP contribution in [0.25, 0.3) is 0 Å². The van der Waals surface area contributed by atoms with Gasteiger partial charge in [-0.2, -0.15) is 0 Å². The Labute approximate surface area is 134 Å². The number of rotatable bonds is 3. The van der Waals surface area contributed by atoms with Crippen molar-refractivity contribution in [1.29, 1.82) is 0 Å². The van der Waals surface area contributed by atoms with E-state index in [0.29, 0.717) is 48.2 Å². The van der Waals surface area contributed by atoms with Crippen LogP contribution in [0.4, 0.5) is 5.69 Å². The second kappa shape index (κ2) is 6.36. The van der Waals surface area contributed by atoms with Gasteiger partial charge in [-0.1, -0.05) is 0 Å². The molecule has 0 radical (unpaired) electrons. The van der Waals surface area contributed by atoms with Gasteiger partial charge in [0.05, 0.1) is 16.4 Å². The monoisotopic (exact) mass is 320 g/mol. The summed E-state index contributed by atoms with van der Waals surface area (Å²) in [6, 6.07) is 1.66. The number of nitro benzene ring substituents is 1. The van der Waals surface area contributed by atoms with E-state index in [1.165, 1.54) is 0 Å². The summed E-state index contributed by atoms with van der Waals surface area (Å²) in [5.41, 5.74) is 1.94. The maximum Gasteiger partial charge on any atom is 0.306 e. The number of aryl methyl sites for hydroxylation is 2. The smallest absolute Gasteiger partial charge is 0.306 e. The standard InChI is InChI=1S/C16H20N2O5/c1-9-8-10(2)14(18(22)23)11(3)13(9)15(19)17-6-4-12(5-7-17)16(20)21/h8,12H,4-7H2,1-3H3,(H,20,21). The van der Waals surface area contributed by atoms with Crippen LogP contribution in [0.1, 0.15) is 39.9 Å². The average molecular weight is 320 g/mol. The number of aliphatic carboxylic acids is 1. The first-order valence-corrected chi connectivity index (χ1v) is 7.51. The van der Waals surface area contributed by atoms with E-state index in [1.54, 1.807) is 31.7 Å². The Morgan fingerprint density at radius 1 is 1.22 bits per heavy atom. The highest BCUT2D eigenvalue weighted by Gasteiger charge is 2.31. The van der Waals surface area contributed by atoms with Crippen molar-refractivity contribution < 1.29 is 19.6 Å². The largest absolute Gasteiger partial charge is 0.481 e. The molecule has 1 saturated heterocycles. The van der Waals surface area contributed by atoms with Crippen LogP contribution >= 0.6 is 0 Å². The zero-order valence-corrected chi connectivity index (χ0v) is 13.5. The number of likely N-dealkylation sites (tertiary alicyclic amines) is 1. The summed E-state index contributed by atoms with van der Waals surface area (Å²) in [5.74, 6) is -1.52. The van der Waals surface area contributed by atoms with Gasteiger partial charge in [0, 0.05) is 24.2 Å².